The monoisotopic (exact) mass is 390 g/mol. The second-order valence-corrected chi connectivity index (χ2v) is 8.81. The summed E-state index contributed by atoms with van der Waals surface area (Å²) in [5.41, 5.74) is 3.17. The van der Waals surface area contributed by atoms with Crippen LogP contribution >= 0.6 is 0 Å². The van der Waals surface area contributed by atoms with Crippen LogP contribution in [-0.2, 0) is 12.1 Å². The van der Waals surface area contributed by atoms with Crippen molar-refractivity contribution in [1.82, 2.24) is 10.2 Å². The van der Waals surface area contributed by atoms with Crippen LogP contribution in [0.1, 0.15) is 72.9 Å². The molecule has 1 aliphatic carbocycles. The van der Waals surface area contributed by atoms with Gasteiger partial charge in [-0.05, 0) is 36.8 Å². The van der Waals surface area contributed by atoms with Gasteiger partial charge in [0.15, 0.2) is 0 Å². The molecule has 0 atom stereocenters. The number of nitrogens with zero attached hydrogens (tertiary/aromatic N) is 1. The molecule has 29 heavy (non-hydrogen) atoms. The number of hydrogen-bond donors (Lipinski definition) is 1. The molecule has 154 valence electrons. The first-order chi connectivity index (χ1) is 14.3. The average molecular weight is 391 g/mol. The maximum Gasteiger partial charge on any atom is 0.150 e. The second kappa shape index (κ2) is 9.69. The van der Waals surface area contributed by atoms with E-state index in [0.717, 1.165) is 50.4 Å². The van der Waals surface area contributed by atoms with Gasteiger partial charge >= 0.3 is 0 Å². The highest BCUT2D eigenvalue weighted by Crippen LogP contribution is 2.37. The van der Waals surface area contributed by atoms with E-state index in [2.05, 4.69) is 52.7 Å². The van der Waals surface area contributed by atoms with Crippen LogP contribution in [0.4, 0.5) is 0 Å². The Morgan fingerprint density at radius 1 is 0.897 bits per heavy atom. The summed E-state index contributed by atoms with van der Waals surface area (Å²) in [6.45, 7) is 3.05. The van der Waals surface area contributed by atoms with Crippen LogP contribution in [0.3, 0.4) is 0 Å². The van der Waals surface area contributed by atoms with E-state index in [1.165, 1.54) is 49.7 Å². The van der Waals surface area contributed by atoms with Crippen LogP contribution in [0.2, 0.25) is 0 Å². The maximum atomic E-state index is 11.8. The zero-order valence-corrected chi connectivity index (χ0v) is 17.5. The maximum absolute atomic E-state index is 11.8. The molecule has 0 spiro atoms. The summed E-state index contributed by atoms with van der Waals surface area (Å²) in [5, 5.41) is 3.89. The van der Waals surface area contributed by atoms with Gasteiger partial charge in [-0.1, -0.05) is 80.3 Å². The van der Waals surface area contributed by atoms with Gasteiger partial charge in [-0.2, -0.15) is 0 Å². The zero-order chi connectivity index (χ0) is 19.9. The van der Waals surface area contributed by atoms with Crippen molar-refractivity contribution in [1.29, 1.82) is 0 Å². The Bertz CT molecular complexity index is 772. The number of carbonyl (C=O) groups is 1. The predicted molar refractivity (Wildman–Crippen MR) is 119 cm³/mol. The number of benzene rings is 2. The van der Waals surface area contributed by atoms with Crippen LogP contribution in [0.25, 0.3) is 0 Å². The number of likely N-dealkylation sites (tertiary alicyclic amines) is 1. The molecule has 2 aromatic rings. The topological polar surface area (TPSA) is 32.3 Å². The number of nitrogens with one attached hydrogen (secondary N) is 1. The normalized spacial score (nSPS) is 20.8. The molecule has 1 N–H and O–H groups in total. The molecule has 1 saturated carbocycles. The van der Waals surface area contributed by atoms with Gasteiger partial charge < -0.3 is 10.2 Å². The van der Waals surface area contributed by atoms with Gasteiger partial charge in [-0.15, -0.1) is 0 Å². The summed E-state index contributed by atoms with van der Waals surface area (Å²) in [5.74, 6) is 0. The Labute approximate surface area is 175 Å². The first kappa shape index (κ1) is 20.3. The predicted octanol–water partition coefficient (Wildman–Crippen LogP) is 5.30. The molecule has 4 rings (SSSR count). The molecule has 1 heterocycles. The molecule has 2 fully saturated rings. The molecule has 3 heteroatoms. The third kappa shape index (κ3) is 4.79. The SMILES string of the molecule is O=Cc1ccccc1C1(NCc2ccccc2)CCN(C2CCCCCC2)CC1. The van der Waals surface area contributed by atoms with Gasteiger partial charge in [0, 0.05) is 36.8 Å². The van der Waals surface area contributed by atoms with Crippen LogP contribution in [0, 0.1) is 0 Å². The largest absolute Gasteiger partial charge is 0.303 e. The molecule has 0 radical (unpaired) electrons. The van der Waals surface area contributed by atoms with Crippen LogP contribution in [-0.4, -0.2) is 30.3 Å². The Morgan fingerprint density at radius 2 is 1.55 bits per heavy atom. The van der Waals surface area contributed by atoms with Crippen molar-refractivity contribution in [2.45, 2.75) is 69.5 Å². The van der Waals surface area contributed by atoms with Crippen molar-refractivity contribution in [3.05, 3.63) is 71.3 Å². The average Bonchev–Trinajstić information content (AvgIpc) is 3.08. The van der Waals surface area contributed by atoms with Gasteiger partial charge in [0.05, 0.1) is 0 Å². The second-order valence-electron chi connectivity index (χ2n) is 8.81. The van der Waals surface area contributed by atoms with Crippen molar-refractivity contribution >= 4 is 6.29 Å². The molecule has 1 aliphatic heterocycles. The van der Waals surface area contributed by atoms with Crippen molar-refractivity contribution in [2.75, 3.05) is 13.1 Å². The highest BCUT2D eigenvalue weighted by Gasteiger charge is 2.38. The van der Waals surface area contributed by atoms with E-state index < -0.39 is 0 Å². The lowest BCUT2D eigenvalue weighted by Crippen LogP contribution is -2.53. The molecule has 0 unspecified atom stereocenters. The summed E-state index contributed by atoms with van der Waals surface area (Å²) >= 11 is 0. The number of carbonyl (C=O) groups excluding carboxylic acids is 1. The minimum absolute atomic E-state index is 0.130. The van der Waals surface area contributed by atoms with E-state index in [9.17, 15) is 4.79 Å². The van der Waals surface area contributed by atoms with Gasteiger partial charge in [-0.3, -0.25) is 4.79 Å². The van der Waals surface area contributed by atoms with E-state index in [0.29, 0.717) is 0 Å². The fraction of sp³-hybridized carbons (Fsp3) is 0.500. The van der Waals surface area contributed by atoms with Crippen molar-refractivity contribution in [3.63, 3.8) is 0 Å². The summed E-state index contributed by atoms with van der Waals surface area (Å²) in [4.78, 5) is 14.5. The molecule has 2 aromatic carbocycles. The molecule has 0 bridgehead atoms. The van der Waals surface area contributed by atoms with E-state index in [1.807, 2.05) is 12.1 Å². The number of hydrogen-bond acceptors (Lipinski definition) is 3. The molecule has 2 aliphatic rings. The minimum Gasteiger partial charge on any atom is -0.303 e. The number of rotatable bonds is 6. The summed E-state index contributed by atoms with van der Waals surface area (Å²) in [7, 11) is 0. The molecular weight excluding hydrogens is 356 g/mol. The van der Waals surface area contributed by atoms with Crippen LogP contribution in [0.15, 0.2) is 54.6 Å². The lowest BCUT2D eigenvalue weighted by Gasteiger charge is -2.46. The number of aldehydes is 1. The standard InChI is InChI=1S/C26H34N2O/c29-21-23-12-8-9-15-25(23)26(27-20-22-10-4-3-5-11-22)16-18-28(19-17-26)24-13-6-1-2-7-14-24/h3-5,8-12,15,21,24,27H,1-2,6-7,13-14,16-20H2. The number of piperidine rings is 1. The quantitative estimate of drug-likeness (QED) is 0.536. The third-order valence-electron chi connectivity index (χ3n) is 7.07. The molecule has 0 aromatic heterocycles. The Hall–Kier alpha value is -1.97. The van der Waals surface area contributed by atoms with Gasteiger partial charge in [0.25, 0.3) is 0 Å². The van der Waals surface area contributed by atoms with Gasteiger partial charge in [0.2, 0.25) is 0 Å². The molecule has 3 nitrogen and oxygen atoms in total. The van der Waals surface area contributed by atoms with E-state index in [4.69, 9.17) is 0 Å². The highest BCUT2D eigenvalue weighted by molar-refractivity contribution is 5.78. The van der Waals surface area contributed by atoms with Crippen molar-refractivity contribution in [2.24, 2.45) is 0 Å². The first-order valence-electron chi connectivity index (χ1n) is 11.4. The van der Waals surface area contributed by atoms with Crippen molar-refractivity contribution < 1.29 is 4.79 Å². The van der Waals surface area contributed by atoms with Crippen LogP contribution < -0.4 is 5.32 Å². The van der Waals surface area contributed by atoms with Gasteiger partial charge in [0.1, 0.15) is 6.29 Å². The molecular formula is C26H34N2O. The zero-order valence-electron chi connectivity index (χ0n) is 17.5. The van der Waals surface area contributed by atoms with Crippen LogP contribution in [0.5, 0.6) is 0 Å². The smallest absolute Gasteiger partial charge is 0.150 e. The third-order valence-corrected chi connectivity index (χ3v) is 7.07. The fourth-order valence-electron chi connectivity index (χ4n) is 5.34. The van der Waals surface area contributed by atoms with E-state index in [1.54, 1.807) is 0 Å². The Kier molecular flexibility index (Phi) is 6.78. The highest BCUT2D eigenvalue weighted by atomic mass is 16.1. The lowest BCUT2D eigenvalue weighted by molar-refractivity contribution is 0.0871. The van der Waals surface area contributed by atoms with Gasteiger partial charge in [-0.25, -0.2) is 0 Å². The van der Waals surface area contributed by atoms with E-state index in [-0.39, 0.29) is 5.54 Å². The molecule has 1 saturated heterocycles. The summed E-state index contributed by atoms with van der Waals surface area (Å²) < 4.78 is 0. The first-order valence-corrected chi connectivity index (χ1v) is 11.4. The Morgan fingerprint density at radius 3 is 2.24 bits per heavy atom. The lowest BCUT2D eigenvalue weighted by atomic mass is 9.78. The Balaban J connectivity index is 1.54. The minimum atomic E-state index is -0.130. The van der Waals surface area contributed by atoms with E-state index >= 15 is 0 Å². The van der Waals surface area contributed by atoms with Crippen molar-refractivity contribution in [3.8, 4) is 0 Å². The molecule has 0 amide bonds. The fourth-order valence-corrected chi connectivity index (χ4v) is 5.34. The summed E-state index contributed by atoms with van der Waals surface area (Å²) in [6, 6.07) is 19.5. The summed E-state index contributed by atoms with van der Waals surface area (Å²) in [6.07, 6.45) is 11.4.